The molecule has 0 atom stereocenters. The van der Waals surface area contributed by atoms with E-state index in [1.54, 1.807) is 0 Å². The van der Waals surface area contributed by atoms with E-state index in [-0.39, 0.29) is 0 Å². The second kappa shape index (κ2) is 5.38. The molecule has 17 heavy (non-hydrogen) atoms. The smallest absolute Gasteiger partial charge is 0.161 e. The van der Waals surface area contributed by atoms with Crippen molar-refractivity contribution in [1.82, 2.24) is 4.90 Å². The topological polar surface area (TPSA) is 47.7 Å². The first-order valence-electron chi connectivity index (χ1n) is 5.98. The fourth-order valence-electron chi connectivity index (χ4n) is 1.90. The number of likely N-dealkylation sites (N-methyl/N-ethyl adjacent to an activating group) is 1. The number of ether oxygens (including phenoxy) is 2. The van der Waals surface area contributed by atoms with Gasteiger partial charge in [0.05, 0.1) is 0 Å². The van der Waals surface area contributed by atoms with E-state index in [2.05, 4.69) is 24.0 Å². The Bertz CT molecular complexity index is 393. The fourth-order valence-corrected chi connectivity index (χ4v) is 1.90. The molecule has 0 fully saturated rings. The van der Waals surface area contributed by atoms with Crippen molar-refractivity contribution in [1.29, 1.82) is 0 Å². The van der Waals surface area contributed by atoms with E-state index < -0.39 is 0 Å². The molecule has 0 aromatic heterocycles. The van der Waals surface area contributed by atoms with Crippen LogP contribution in [0.3, 0.4) is 0 Å². The van der Waals surface area contributed by atoms with Gasteiger partial charge in [-0.3, -0.25) is 4.90 Å². The van der Waals surface area contributed by atoms with Crippen molar-refractivity contribution in [2.24, 2.45) is 5.73 Å². The van der Waals surface area contributed by atoms with Crippen molar-refractivity contribution in [3.05, 3.63) is 23.3 Å². The molecule has 4 heteroatoms. The molecule has 4 nitrogen and oxygen atoms in total. The second-order valence-corrected chi connectivity index (χ2v) is 4.43. The van der Waals surface area contributed by atoms with Crippen LogP contribution in [0.15, 0.2) is 12.1 Å². The highest BCUT2D eigenvalue weighted by Crippen LogP contribution is 2.33. The van der Waals surface area contributed by atoms with E-state index in [0.717, 1.165) is 24.5 Å². The minimum Gasteiger partial charge on any atom is -0.486 e. The Balaban J connectivity index is 2.11. The third-order valence-corrected chi connectivity index (χ3v) is 3.08. The predicted octanol–water partition coefficient (Wildman–Crippen LogP) is 1.16. The Kier molecular flexibility index (Phi) is 3.86. The van der Waals surface area contributed by atoms with Gasteiger partial charge in [0.2, 0.25) is 0 Å². The summed E-state index contributed by atoms with van der Waals surface area (Å²) < 4.78 is 11.1. The van der Waals surface area contributed by atoms with Gasteiger partial charge in [-0.15, -0.1) is 0 Å². The van der Waals surface area contributed by atoms with Crippen molar-refractivity contribution in [2.45, 2.75) is 13.3 Å². The average Bonchev–Trinajstić information content (AvgIpc) is 2.35. The molecule has 0 amide bonds. The number of aryl methyl sites for hydroxylation is 1. The molecule has 2 rings (SSSR count). The monoisotopic (exact) mass is 236 g/mol. The van der Waals surface area contributed by atoms with E-state index in [0.29, 0.717) is 19.9 Å². The highest BCUT2D eigenvalue weighted by atomic mass is 16.6. The maximum atomic E-state index is 5.59. The van der Waals surface area contributed by atoms with E-state index in [9.17, 15) is 0 Å². The molecule has 0 unspecified atom stereocenters. The summed E-state index contributed by atoms with van der Waals surface area (Å²) >= 11 is 0. The van der Waals surface area contributed by atoms with Gasteiger partial charge in [0, 0.05) is 13.2 Å². The summed E-state index contributed by atoms with van der Waals surface area (Å²) in [6.45, 7) is 4.93. The number of hydrogen-bond donors (Lipinski definition) is 1. The van der Waals surface area contributed by atoms with Gasteiger partial charge in [0.15, 0.2) is 11.5 Å². The van der Waals surface area contributed by atoms with Crippen LogP contribution in [0.25, 0.3) is 0 Å². The molecule has 0 spiro atoms. The summed E-state index contributed by atoms with van der Waals surface area (Å²) in [7, 11) is 2.02. The quantitative estimate of drug-likeness (QED) is 0.797. The molecule has 1 heterocycles. The normalized spacial score (nSPS) is 14.1. The van der Waals surface area contributed by atoms with Gasteiger partial charge in [-0.05, 0) is 43.7 Å². The van der Waals surface area contributed by atoms with Gasteiger partial charge in [-0.25, -0.2) is 0 Å². The molecule has 0 saturated heterocycles. The van der Waals surface area contributed by atoms with Gasteiger partial charge in [0.1, 0.15) is 13.2 Å². The van der Waals surface area contributed by atoms with Crippen molar-refractivity contribution in [2.75, 3.05) is 33.5 Å². The van der Waals surface area contributed by atoms with Crippen molar-refractivity contribution < 1.29 is 9.47 Å². The summed E-state index contributed by atoms with van der Waals surface area (Å²) in [4.78, 5) is 2.09. The molecule has 2 N–H and O–H groups in total. The number of fused-ring (bicyclic) bond motifs is 1. The van der Waals surface area contributed by atoms with E-state index in [1.165, 1.54) is 11.1 Å². The summed E-state index contributed by atoms with van der Waals surface area (Å²) in [6.07, 6.45) is 0.982. The summed E-state index contributed by atoms with van der Waals surface area (Å²) in [5, 5.41) is 0. The third-order valence-electron chi connectivity index (χ3n) is 3.08. The lowest BCUT2D eigenvalue weighted by Gasteiger charge is -2.21. The van der Waals surface area contributed by atoms with Crippen LogP contribution >= 0.6 is 0 Å². The number of rotatable bonds is 4. The lowest BCUT2D eigenvalue weighted by molar-refractivity contribution is 0.171. The highest BCUT2D eigenvalue weighted by molar-refractivity contribution is 5.47. The van der Waals surface area contributed by atoms with Crippen LogP contribution in [0.5, 0.6) is 11.5 Å². The van der Waals surface area contributed by atoms with E-state index in [4.69, 9.17) is 15.2 Å². The molecule has 94 valence electrons. The van der Waals surface area contributed by atoms with Crippen LogP contribution in [-0.2, 0) is 6.42 Å². The zero-order valence-electron chi connectivity index (χ0n) is 10.5. The second-order valence-electron chi connectivity index (χ2n) is 4.43. The lowest BCUT2D eigenvalue weighted by atomic mass is 10.0. The minimum absolute atomic E-state index is 0.587. The molecule has 1 aromatic rings. The van der Waals surface area contributed by atoms with Crippen LogP contribution < -0.4 is 15.2 Å². The zero-order valence-corrected chi connectivity index (χ0v) is 10.5. The average molecular weight is 236 g/mol. The SMILES string of the molecule is Cc1cc2c(cc1CCN(C)CN)OCCO2. The Labute approximate surface area is 102 Å². The molecule has 1 aliphatic rings. The Morgan fingerprint density at radius 3 is 2.53 bits per heavy atom. The van der Waals surface area contributed by atoms with Crippen LogP contribution in [0.2, 0.25) is 0 Å². The number of benzene rings is 1. The first-order chi connectivity index (χ1) is 8.20. The Morgan fingerprint density at radius 2 is 1.88 bits per heavy atom. The maximum Gasteiger partial charge on any atom is 0.161 e. The Hall–Kier alpha value is -1.26. The number of nitrogens with zero attached hydrogens (tertiary/aromatic N) is 1. The Morgan fingerprint density at radius 1 is 1.24 bits per heavy atom. The predicted molar refractivity (Wildman–Crippen MR) is 67.6 cm³/mol. The number of nitrogens with two attached hydrogens (primary N) is 1. The first-order valence-corrected chi connectivity index (χ1v) is 5.98. The molecule has 1 aliphatic heterocycles. The number of hydrogen-bond acceptors (Lipinski definition) is 4. The summed E-state index contributed by atoms with van der Waals surface area (Å²) in [5.41, 5.74) is 8.12. The van der Waals surface area contributed by atoms with Crippen molar-refractivity contribution >= 4 is 0 Å². The highest BCUT2D eigenvalue weighted by Gasteiger charge is 2.14. The largest absolute Gasteiger partial charge is 0.486 e. The van der Waals surface area contributed by atoms with Crippen LogP contribution in [0.1, 0.15) is 11.1 Å². The minimum atomic E-state index is 0.587. The molecule has 1 aromatic carbocycles. The standard InChI is InChI=1S/C13H20N2O2/c1-10-7-12-13(17-6-5-16-12)8-11(10)3-4-15(2)9-14/h7-8H,3-6,9,14H2,1-2H3. The lowest BCUT2D eigenvalue weighted by Crippen LogP contribution is -2.27. The van der Waals surface area contributed by atoms with Crippen molar-refractivity contribution in [3.63, 3.8) is 0 Å². The van der Waals surface area contributed by atoms with Gasteiger partial charge in [-0.2, -0.15) is 0 Å². The first kappa shape index (κ1) is 12.2. The van der Waals surface area contributed by atoms with Crippen molar-refractivity contribution in [3.8, 4) is 11.5 Å². The van der Waals surface area contributed by atoms with Gasteiger partial charge >= 0.3 is 0 Å². The molecule has 0 bridgehead atoms. The fraction of sp³-hybridized carbons (Fsp3) is 0.538. The van der Waals surface area contributed by atoms with E-state index in [1.807, 2.05) is 7.05 Å². The van der Waals surface area contributed by atoms with Crippen LogP contribution in [0.4, 0.5) is 0 Å². The molecule has 0 radical (unpaired) electrons. The molecule has 0 aliphatic carbocycles. The van der Waals surface area contributed by atoms with Crippen LogP contribution in [-0.4, -0.2) is 38.4 Å². The van der Waals surface area contributed by atoms with E-state index >= 15 is 0 Å². The van der Waals surface area contributed by atoms with Gasteiger partial charge < -0.3 is 15.2 Å². The van der Waals surface area contributed by atoms with Crippen LogP contribution in [0, 0.1) is 6.92 Å². The van der Waals surface area contributed by atoms with Gasteiger partial charge in [0.25, 0.3) is 0 Å². The molecule has 0 saturated carbocycles. The molecular formula is C13H20N2O2. The molecular weight excluding hydrogens is 216 g/mol. The van der Waals surface area contributed by atoms with Gasteiger partial charge in [-0.1, -0.05) is 0 Å². The summed E-state index contributed by atoms with van der Waals surface area (Å²) in [5.74, 6) is 1.73. The third kappa shape index (κ3) is 2.90. The maximum absolute atomic E-state index is 5.59. The summed E-state index contributed by atoms with van der Waals surface area (Å²) in [6, 6.07) is 4.15. The zero-order chi connectivity index (χ0) is 12.3.